The molecule has 108 valence electrons. The Hall–Kier alpha value is -2.51. The van der Waals surface area contributed by atoms with E-state index in [2.05, 4.69) is 6.07 Å². The fourth-order valence-electron chi connectivity index (χ4n) is 2.05. The summed E-state index contributed by atoms with van der Waals surface area (Å²) in [5.74, 6) is 1.39. The van der Waals surface area contributed by atoms with Crippen molar-refractivity contribution < 1.29 is 9.47 Å². The van der Waals surface area contributed by atoms with Crippen LogP contribution in [0.15, 0.2) is 42.5 Å². The number of hydrogen-bond acceptors (Lipinski definition) is 4. The molecule has 1 atom stereocenters. The average Bonchev–Trinajstić information content (AvgIpc) is 2.52. The Morgan fingerprint density at radius 1 is 1.24 bits per heavy atom. The van der Waals surface area contributed by atoms with Crippen LogP contribution in [-0.4, -0.2) is 7.11 Å². The van der Waals surface area contributed by atoms with Crippen LogP contribution in [0.3, 0.4) is 0 Å². The molecule has 2 N–H and O–H groups in total. The van der Waals surface area contributed by atoms with Gasteiger partial charge in [-0.25, -0.2) is 0 Å². The van der Waals surface area contributed by atoms with Crippen molar-refractivity contribution in [3.05, 3.63) is 59.2 Å². The molecule has 0 aromatic heterocycles. The number of benzene rings is 2. The largest absolute Gasteiger partial charge is 0.497 e. The molecular formula is C17H18N2O2. The molecule has 4 nitrogen and oxygen atoms in total. The van der Waals surface area contributed by atoms with Crippen molar-refractivity contribution in [2.45, 2.75) is 19.6 Å². The highest BCUT2D eigenvalue weighted by Gasteiger charge is 2.11. The summed E-state index contributed by atoms with van der Waals surface area (Å²) in [6, 6.07) is 15.0. The lowest BCUT2D eigenvalue weighted by Crippen LogP contribution is -2.08. The monoisotopic (exact) mass is 282 g/mol. The third kappa shape index (κ3) is 3.53. The molecular weight excluding hydrogens is 264 g/mol. The molecule has 0 heterocycles. The number of methoxy groups -OCH3 is 1. The lowest BCUT2D eigenvalue weighted by atomic mass is 10.1. The van der Waals surface area contributed by atoms with Crippen LogP contribution >= 0.6 is 0 Å². The maximum absolute atomic E-state index is 9.10. The summed E-state index contributed by atoms with van der Waals surface area (Å²) >= 11 is 0. The first kappa shape index (κ1) is 14.9. The Morgan fingerprint density at radius 3 is 2.67 bits per heavy atom. The van der Waals surface area contributed by atoms with Crippen LogP contribution < -0.4 is 15.2 Å². The van der Waals surface area contributed by atoms with Gasteiger partial charge in [0, 0.05) is 23.2 Å². The summed E-state index contributed by atoms with van der Waals surface area (Å²) in [6.45, 7) is 2.22. The number of hydrogen-bond donors (Lipinski definition) is 1. The van der Waals surface area contributed by atoms with E-state index in [9.17, 15) is 0 Å². The van der Waals surface area contributed by atoms with Gasteiger partial charge in [-0.3, -0.25) is 0 Å². The smallest absolute Gasteiger partial charge is 0.128 e. The van der Waals surface area contributed by atoms with Gasteiger partial charge in [0.15, 0.2) is 0 Å². The number of ether oxygens (including phenoxy) is 2. The first-order valence-electron chi connectivity index (χ1n) is 6.70. The highest BCUT2D eigenvalue weighted by atomic mass is 16.5. The second-order valence-corrected chi connectivity index (χ2v) is 4.75. The first-order chi connectivity index (χ1) is 10.2. The Kier molecular flexibility index (Phi) is 4.81. The van der Waals surface area contributed by atoms with Crippen molar-refractivity contribution in [3.63, 3.8) is 0 Å². The van der Waals surface area contributed by atoms with E-state index >= 15 is 0 Å². The van der Waals surface area contributed by atoms with Crippen LogP contribution in [-0.2, 0) is 6.61 Å². The molecule has 0 aliphatic carbocycles. The maximum atomic E-state index is 9.10. The summed E-state index contributed by atoms with van der Waals surface area (Å²) in [7, 11) is 1.61. The maximum Gasteiger partial charge on any atom is 0.128 e. The van der Waals surface area contributed by atoms with Crippen molar-refractivity contribution in [3.8, 4) is 17.6 Å². The molecule has 2 aromatic rings. The SMILES string of the molecule is COc1ccc(C(C)N)c(OCc2ccccc2C#N)c1. The van der Waals surface area contributed by atoms with E-state index in [1.807, 2.05) is 43.3 Å². The molecule has 0 spiro atoms. The summed E-state index contributed by atoms with van der Waals surface area (Å²) in [6.07, 6.45) is 0. The quantitative estimate of drug-likeness (QED) is 0.914. The number of nitriles is 1. The Morgan fingerprint density at radius 2 is 2.00 bits per heavy atom. The minimum absolute atomic E-state index is 0.142. The minimum Gasteiger partial charge on any atom is -0.497 e. The van der Waals surface area contributed by atoms with Gasteiger partial charge in [0.05, 0.1) is 18.7 Å². The van der Waals surface area contributed by atoms with Gasteiger partial charge in [0.2, 0.25) is 0 Å². The summed E-state index contributed by atoms with van der Waals surface area (Å²) < 4.78 is 11.1. The van der Waals surface area contributed by atoms with Gasteiger partial charge in [0.1, 0.15) is 18.1 Å². The summed E-state index contributed by atoms with van der Waals surface area (Å²) in [5, 5.41) is 9.10. The normalized spacial score (nSPS) is 11.5. The summed E-state index contributed by atoms with van der Waals surface area (Å²) in [5.41, 5.74) is 8.32. The molecule has 0 radical (unpaired) electrons. The van der Waals surface area contributed by atoms with Gasteiger partial charge >= 0.3 is 0 Å². The Balaban J connectivity index is 2.25. The molecule has 0 fully saturated rings. The Bertz CT molecular complexity index is 660. The molecule has 0 aliphatic heterocycles. The standard InChI is InChI=1S/C17H18N2O2/c1-12(19)16-8-7-15(20-2)9-17(16)21-11-14-6-4-3-5-13(14)10-18/h3-9,12H,11,19H2,1-2H3. The van der Waals surface area contributed by atoms with Crippen LogP contribution in [0.4, 0.5) is 0 Å². The molecule has 0 saturated heterocycles. The molecule has 0 saturated carbocycles. The van der Waals surface area contributed by atoms with Gasteiger partial charge in [0.25, 0.3) is 0 Å². The van der Waals surface area contributed by atoms with Gasteiger partial charge in [-0.15, -0.1) is 0 Å². The van der Waals surface area contributed by atoms with Crippen molar-refractivity contribution in [2.24, 2.45) is 5.73 Å². The highest BCUT2D eigenvalue weighted by Crippen LogP contribution is 2.29. The van der Waals surface area contributed by atoms with E-state index < -0.39 is 0 Å². The molecule has 2 aromatic carbocycles. The molecule has 0 bridgehead atoms. The lowest BCUT2D eigenvalue weighted by molar-refractivity contribution is 0.298. The van der Waals surface area contributed by atoms with E-state index in [1.165, 1.54) is 0 Å². The van der Waals surface area contributed by atoms with E-state index in [0.29, 0.717) is 23.7 Å². The number of rotatable bonds is 5. The zero-order valence-corrected chi connectivity index (χ0v) is 12.2. The minimum atomic E-state index is -0.142. The highest BCUT2D eigenvalue weighted by molar-refractivity contribution is 5.43. The van der Waals surface area contributed by atoms with Crippen LogP contribution in [0.2, 0.25) is 0 Å². The predicted octanol–water partition coefficient (Wildman–Crippen LogP) is 3.17. The zero-order chi connectivity index (χ0) is 15.2. The van der Waals surface area contributed by atoms with E-state index in [0.717, 1.165) is 11.1 Å². The van der Waals surface area contributed by atoms with Crippen molar-refractivity contribution in [1.82, 2.24) is 0 Å². The average molecular weight is 282 g/mol. The second kappa shape index (κ2) is 6.78. The van der Waals surface area contributed by atoms with Crippen LogP contribution in [0.1, 0.15) is 29.7 Å². The fraction of sp³-hybridized carbons (Fsp3) is 0.235. The Labute approximate surface area is 124 Å². The second-order valence-electron chi connectivity index (χ2n) is 4.75. The van der Waals surface area contributed by atoms with Crippen LogP contribution in [0, 0.1) is 11.3 Å². The molecule has 4 heteroatoms. The fourth-order valence-corrected chi connectivity index (χ4v) is 2.05. The number of nitrogens with two attached hydrogens (primary N) is 1. The predicted molar refractivity (Wildman–Crippen MR) is 81.1 cm³/mol. The first-order valence-corrected chi connectivity index (χ1v) is 6.70. The van der Waals surface area contributed by atoms with Crippen LogP contribution in [0.25, 0.3) is 0 Å². The van der Waals surface area contributed by atoms with E-state index in [-0.39, 0.29) is 6.04 Å². The molecule has 2 rings (SSSR count). The topological polar surface area (TPSA) is 68.3 Å². The van der Waals surface area contributed by atoms with E-state index in [1.54, 1.807) is 13.2 Å². The van der Waals surface area contributed by atoms with Gasteiger partial charge in [-0.2, -0.15) is 5.26 Å². The molecule has 0 aliphatic rings. The van der Waals surface area contributed by atoms with Crippen molar-refractivity contribution in [2.75, 3.05) is 7.11 Å². The third-order valence-corrected chi connectivity index (χ3v) is 3.23. The molecule has 1 unspecified atom stereocenters. The summed E-state index contributed by atoms with van der Waals surface area (Å²) in [4.78, 5) is 0. The van der Waals surface area contributed by atoms with E-state index in [4.69, 9.17) is 20.5 Å². The van der Waals surface area contributed by atoms with Gasteiger partial charge in [-0.05, 0) is 19.1 Å². The zero-order valence-electron chi connectivity index (χ0n) is 12.2. The van der Waals surface area contributed by atoms with Gasteiger partial charge < -0.3 is 15.2 Å². The molecule has 0 amide bonds. The molecule has 21 heavy (non-hydrogen) atoms. The van der Waals surface area contributed by atoms with Crippen molar-refractivity contribution in [1.29, 1.82) is 5.26 Å². The van der Waals surface area contributed by atoms with Crippen molar-refractivity contribution >= 4 is 0 Å². The third-order valence-electron chi connectivity index (χ3n) is 3.23. The lowest BCUT2D eigenvalue weighted by Gasteiger charge is -2.15. The number of nitrogens with zero attached hydrogens (tertiary/aromatic N) is 1. The van der Waals surface area contributed by atoms with Gasteiger partial charge in [-0.1, -0.05) is 24.3 Å². The van der Waals surface area contributed by atoms with Crippen LogP contribution in [0.5, 0.6) is 11.5 Å².